The van der Waals surface area contributed by atoms with Gasteiger partial charge in [0, 0.05) is 40.9 Å². The van der Waals surface area contributed by atoms with E-state index < -0.39 is 5.60 Å². The van der Waals surface area contributed by atoms with E-state index in [4.69, 9.17) is 30.8 Å². The average molecular weight is 698 g/mol. The molecule has 0 fully saturated rings. The summed E-state index contributed by atoms with van der Waals surface area (Å²) >= 11 is 6.28. The van der Waals surface area contributed by atoms with Crippen molar-refractivity contribution in [3.63, 3.8) is 0 Å². The number of ether oxygens (including phenoxy) is 3. The third-order valence-electron chi connectivity index (χ3n) is 10.1. The summed E-state index contributed by atoms with van der Waals surface area (Å²) in [5.41, 5.74) is 6.55. The molecular formula is C42H52ClN3O4. The van der Waals surface area contributed by atoms with Crippen LogP contribution in [0.1, 0.15) is 99.9 Å². The number of hydrogen-bond donors (Lipinski definition) is 2. The number of methoxy groups -OCH3 is 1. The summed E-state index contributed by atoms with van der Waals surface area (Å²) in [5, 5.41) is 8.84. The minimum absolute atomic E-state index is 0.0459. The highest BCUT2D eigenvalue weighted by atomic mass is 35.5. The molecule has 0 radical (unpaired) electrons. The van der Waals surface area contributed by atoms with E-state index >= 15 is 0 Å². The van der Waals surface area contributed by atoms with Crippen molar-refractivity contribution in [3.05, 3.63) is 88.1 Å². The third-order valence-corrected chi connectivity index (χ3v) is 10.3. The second kappa shape index (κ2) is 17.3. The lowest BCUT2D eigenvalue weighted by atomic mass is 9.89. The van der Waals surface area contributed by atoms with Crippen LogP contribution in [-0.2, 0) is 30.7 Å². The Morgan fingerprint density at radius 2 is 1.66 bits per heavy atom. The highest BCUT2D eigenvalue weighted by Gasteiger charge is 2.34. The Hall–Kier alpha value is -3.97. The molecule has 1 aromatic heterocycles. The molecule has 1 amide bonds. The molecule has 0 saturated heterocycles. The fraction of sp³-hybridized carbons (Fsp3) is 0.476. The zero-order valence-electron chi connectivity index (χ0n) is 29.8. The van der Waals surface area contributed by atoms with Gasteiger partial charge in [-0.2, -0.15) is 0 Å². The van der Waals surface area contributed by atoms with Gasteiger partial charge in [-0.1, -0.05) is 74.0 Å². The first kappa shape index (κ1) is 35.8. The fourth-order valence-electron chi connectivity index (χ4n) is 7.30. The van der Waals surface area contributed by atoms with Crippen LogP contribution in [0, 0.1) is 0 Å². The number of pyridine rings is 1. The molecule has 1 unspecified atom stereocenters. The first-order valence-corrected chi connectivity index (χ1v) is 19.0. The first-order valence-electron chi connectivity index (χ1n) is 18.6. The van der Waals surface area contributed by atoms with Gasteiger partial charge in [0.15, 0.2) is 11.5 Å². The molecule has 1 aliphatic carbocycles. The molecule has 7 nitrogen and oxygen atoms in total. The number of carbonyl (C=O) groups excluding carboxylic acids is 1. The summed E-state index contributed by atoms with van der Waals surface area (Å²) in [6, 6.07) is 20.1. The van der Waals surface area contributed by atoms with Crippen LogP contribution in [0.2, 0.25) is 5.02 Å². The number of fused-ring (bicyclic) bond motifs is 3. The fourth-order valence-corrected chi connectivity index (χ4v) is 7.47. The number of nitrogens with zero attached hydrogens (tertiary/aromatic N) is 1. The number of aryl methyl sites for hydroxylation is 2. The molecule has 0 spiro atoms. The SMILES string of the molecule is COc1cc2c(cc1OCc1ccccc1)CCC(C)(CC(=O)NCCCCCCCCCNc1c3c(nc4cc(Cl)ccc14)CCCC3)O2. The maximum atomic E-state index is 12.9. The molecule has 2 aliphatic rings. The van der Waals surface area contributed by atoms with E-state index in [9.17, 15) is 4.79 Å². The number of benzene rings is 3. The molecule has 3 aromatic carbocycles. The number of halogens is 1. The number of hydrogen-bond acceptors (Lipinski definition) is 6. The molecule has 8 heteroatoms. The van der Waals surface area contributed by atoms with Gasteiger partial charge in [0.1, 0.15) is 18.0 Å². The summed E-state index contributed by atoms with van der Waals surface area (Å²) in [7, 11) is 1.64. The minimum Gasteiger partial charge on any atom is -0.493 e. The Kier molecular flexibility index (Phi) is 12.4. The van der Waals surface area contributed by atoms with Crippen LogP contribution in [0.5, 0.6) is 17.2 Å². The molecule has 6 rings (SSSR count). The molecule has 1 aliphatic heterocycles. The standard InChI is InChI=1S/C42H52ClN3O4/c1-42(22-21-31-25-39(38(48-2)27-37(31)50-42)49-29-30-15-9-8-10-16-30)28-40(47)44-23-13-6-4-3-5-7-14-24-45-41-33-17-11-12-18-35(33)46-36-26-32(43)19-20-34(36)41/h8-10,15-16,19-20,25-27H,3-7,11-14,17-18,21-24,28-29H2,1-2H3,(H,44,47)(H,45,46). The summed E-state index contributed by atoms with van der Waals surface area (Å²) in [5.74, 6) is 2.15. The minimum atomic E-state index is -0.555. The van der Waals surface area contributed by atoms with E-state index in [0.717, 1.165) is 78.9 Å². The van der Waals surface area contributed by atoms with E-state index in [0.29, 0.717) is 31.1 Å². The van der Waals surface area contributed by atoms with Crippen molar-refractivity contribution < 1.29 is 19.0 Å². The Labute approximate surface area is 302 Å². The van der Waals surface area contributed by atoms with E-state index in [-0.39, 0.29) is 5.91 Å². The number of rotatable bonds is 17. The Morgan fingerprint density at radius 1 is 0.900 bits per heavy atom. The molecule has 4 aromatic rings. The Morgan fingerprint density at radius 3 is 2.46 bits per heavy atom. The monoisotopic (exact) mass is 697 g/mol. The van der Waals surface area contributed by atoms with E-state index in [1.807, 2.05) is 61.5 Å². The molecule has 266 valence electrons. The van der Waals surface area contributed by atoms with Gasteiger partial charge in [0.05, 0.1) is 19.0 Å². The maximum absolute atomic E-state index is 12.9. The van der Waals surface area contributed by atoms with E-state index in [1.54, 1.807) is 7.11 Å². The second-order valence-electron chi connectivity index (χ2n) is 14.1. The van der Waals surface area contributed by atoms with Crippen LogP contribution in [0.3, 0.4) is 0 Å². The molecule has 1 atom stereocenters. The number of unbranched alkanes of at least 4 members (excludes halogenated alkanes) is 6. The van der Waals surface area contributed by atoms with Gasteiger partial charge >= 0.3 is 0 Å². The summed E-state index contributed by atoms with van der Waals surface area (Å²) in [6.07, 6.45) is 14.7. The van der Waals surface area contributed by atoms with Crippen LogP contribution in [0.4, 0.5) is 5.69 Å². The van der Waals surface area contributed by atoms with Crippen LogP contribution < -0.4 is 24.8 Å². The predicted molar refractivity (Wildman–Crippen MR) is 203 cm³/mol. The zero-order valence-corrected chi connectivity index (χ0v) is 30.5. The van der Waals surface area contributed by atoms with E-state index in [1.165, 1.54) is 60.9 Å². The molecular weight excluding hydrogens is 646 g/mol. The average Bonchev–Trinajstić information content (AvgIpc) is 3.12. The topological polar surface area (TPSA) is 81.7 Å². The Balaban J connectivity index is 0.851. The quantitative estimate of drug-likeness (QED) is 0.107. The van der Waals surface area contributed by atoms with Crippen molar-refractivity contribution in [2.45, 2.75) is 109 Å². The van der Waals surface area contributed by atoms with Gasteiger partial charge < -0.3 is 24.8 Å². The summed E-state index contributed by atoms with van der Waals surface area (Å²) in [6.45, 7) is 4.18. The summed E-state index contributed by atoms with van der Waals surface area (Å²) < 4.78 is 18.1. The van der Waals surface area contributed by atoms with Crippen molar-refractivity contribution >= 4 is 34.1 Å². The number of nitrogens with one attached hydrogen (secondary N) is 2. The normalized spacial score (nSPS) is 16.6. The van der Waals surface area contributed by atoms with Gasteiger partial charge in [-0.05, 0) is 99.2 Å². The van der Waals surface area contributed by atoms with Gasteiger partial charge in [0.2, 0.25) is 5.91 Å². The molecule has 2 N–H and O–H groups in total. The third kappa shape index (κ3) is 9.42. The lowest BCUT2D eigenvalue weighted by Gasteiger charge is -2.35. The second-order valence-corrected chi connectivity index (χ2v) is 14.6. The van der Waals surface area contributed by atoms with Crippen molar-refractivity contribution in [3.8, 4) is 17.2 Å². The van der Waals surface area contributed by atoms with Crippen LogP contribution in [0.15, 0.2) is 60.7 Å². The van der Waals surface area contributed by atoms with Crippen LogP contribution in [-0.4, -0.2) is 36.7 Å². The largest absolute Gasteiger partial charge is 0.493 e. The lowest BCUT2D eigenvalue weighted by Crippen LogP contribution is -2.41. The zero-order chi connectivity index (χ0) is 34.8. The van der Waals surface area contributed by atoms with Crippen LogP contribution in [0.25, 0.3) is 10.9 Å². The number of anilines is 1. The first-order chi connectivity index (χ1) is 24.4. The lowest BCUT2D eigenvalue weighted by molar-refractivity contribution is -0.125. The van der Waals surface area contributed by atoms with E-state index in [2.05, 4.69) is 16.7 Å². The number of aromatic nitrogens is 1. The molecule has 2 heterocycles. The highest BCUT2D eigenvalue weighted by Crippen LogP contribution is 2.42. The maximum Gasteiger partial charge on any atom is 0.224 e. The van der Waals surface area contributed by atoms with Gasteiger partial charge in [-0.15, -0.1) is 0 Å². The number of amides is 1. The number of carbonyl (C=O) groups is 1. The predicted octanol–water partition coefficient (Wildman–Crippen LogP) is 9.79. The van der Waals surface area contributed by atoms with Crippen molar-refractivity contribution in [2.75, 3.05) is 25.5 Å². The van der Waals surface area contributed by atoms with Crippen molar-refractivity contribution in [1.82, 2.24) is 10.3 Å². The Bertz CT molecular complexity index is 1750. The van der Waals surface area contributed by atoms with Gasteiger partial charge in [-0.25, -0.2) is 0 Å². The van der Waals surface area contributed by atoms with Crippen molar-refractivity contribution in [1.29, 1.82) is 0 Å². The van der Waals surface area contributed by atoms with Crippen molar-refractivity contribution in [2.24, 2.45) is 0 Å². The van der Waals surface area contributed by atoms with Gasteiger partial charge in [0.25, 0.3) is 0 Å². The highest BCUT2D eigenvalue weighted by molar-refractivity contribution is 6.31. The van der Waals surface area contributed by atoms with Gasteiger partial charge in [-0.3, -0.25) is 9.78 Å². The molecule has 50 heavy (non-hydrogen) atoms. The smallest absolute Gasteiger partial charge is 0.224 e. The molecule has 0 bridgehead atoms. The summed E-state index contributed by atoms with van der Waals surface area (Å²) in [4.78, 5) is 17.8. The molecule has 0 saturated carbocycles. The van der Waals surface area contributed by atoms with Crippen LogP contribution >= 0.6 is 11.6 Å².